The van der Waals surface area contributed by atoms with Crippen LogP contribution < -0.4 is 0 Å². The van der Waals surface area contributed by atoms with Crippen molar-refractivity contribution >= 4 is 93.2 Å². The summed E-state index contributed by atoms with van der Waals surface area (Å²) in [7, 11) is 0. The van der Waals surface area contributed by atoms with Crippen molar-refractivity contribution < 1.29 is 8.83 Å². The predicted octanol–water partition coefficient (Wildman–Crippen LogP) is 13.8. The molecule has 8 aromatic carbocycles. The Kier molecular flexibility index (Phi) is 6.10. The summed E-state index contributed by atoms with van der Waals surface area (Å²) in [4.78, 5) is 3.92. The van der Waals surface area contributed by atoms with Crippen molar-refractivity contribution in [3.63, 3.8) is 0 Å². The SMILES string of the molecule is [C-]#[N+]c1ccc(-n2c3ccccc3c3ccc4c5ccccc5oc4c32)c(-c2cc(C#N)ccc2-n2c3ccccc3c3ccc4c5ccccc5oc4c32)c1. The van der Waals surface area contributed by atoms with Crippen LogP contribution in [0.25, 0.3) is 115 Å². The molecule has 0 amide bonds. The Morgan fingerprint density at radius 2 is 0.929 bits per heavy atom. The summed E-state index contributed by atoms with van der Waals surface area (Å²) in [6.45, 7) is 8.14. The molecule has 4 aromatic heterocycles. The van der Waals surface area contributed by atoms with Crippen LogP contribution in [-0.2, 0) is 0 Å². The molecule has 0 saturated heterocycles. The number of furan rings is 2. The number of hydrogen-bond acceptors (Lipinski definition) is 3. The molecule has 12 aromatic rings. The number of hydrogen-bond donors (Lipinski definition) is 0. The van der Waals surface area contributed by atoms with Gasteiger partial charge in [0.2, 0.25) is 0 Å². The maximum Gasteiger partial charge on any atom is 0.188 e. The van der Waals surface area contributed by atoms with Crippen LogP contribution >= 0.6 is 0 Å². The van der Waals surface area contributed by atoms with Gasteiger partial charge in [0.1, 0.15) is 11.2 Å². The Morgan fingerprint density at radius 3 is 1.46 bits per heavy atom. The molecule has 0 saturated carbocycles. The monoisotopic (exact) mass is 714 g/mol. The molecule has 0 atom stereocenters. The third-order valence-electron chi connectivity index (χ3n) is 11.4. The molecule has 0 radical (unpaired) electrons. The fourth-order valence-electron chi connectivity index (χ4n) is 8.98. The molecule has 4 heterocycles. The van der Waals surface area contributed by atoms with Gasteiger partial charge in [-0.05, 0) is 72.3 Å². The third kappa shape index (κ3) is 4.02. The number of para-hydroxylation sites is 4. The molecule has 6 heteroatoms. The van der Waals surface area contributed by atoms with Crippen molar-refractivity contribution in [1.82, 2.24) is 9.13 Å². The van der Waals surface area contributed by atoms with Crippen LogP contribution in [-0.4, -0.2) is 9.13 Å². The van der Waals surface area contributed by atoms with E-state index in [1.807, 2.05) is 72.8 Å². The number of nitriles is 1. The summed E-state index contributed by atoms with van der Waals surface area (Å²) in [6, 6.07) is 55.8. The fourth-order valence-corrected chi connectivity index (χ4v) is 8.98. The first-order valence-corrected chi connectivity index (χ1v) is 18.4. The van der Waals surface area contributed by atoms with Gasteiger partial charge in [-0.15, -0.1) is 0 Å². The van der Waals surface area contributed by atoms with Crippen molar-refractivity contribution in [3.05, 3.63) is 175 Å². The fraction of sp³-hybridized carbons (Fsp3) is 0. The van der Waals surface area contributed by atoms with Gasteiger partial charge in [0, 0.05) is 48.7 Å². The molecule has 258 valence electrons. The van der Waals surface area contributed by atoms with E-state index in [1.54, 1.807) is 0 Å². The minimum absolute atomic E-state index is 0.494. The van der Waals surface area contributed by atoms with Gasteiger partial charge < -0.3 is 18.0 Å². The van der Waals surface area contributed by atoms with E-state index in [1.165, 1.54) is 0 Å². The molecule has 0 aliphatic heterocycles. The molecule has 0 aliphatic carbocycles. The highest BCUT2D eigenvalue weighted by molar-refractivity contribution is 6.23. The number of nitrogens with zero attached hydrogens (tertiary/aromatic N) is 4. The van der Waals surface area contributed by atoms with Crippen molar-refractivity contribution in [2.75, 3.05) is 0 Å². The summed E-state index contributed by atoms with van der Waals surface area (Å²) < 4.78 is 17.9. The highest BCUT2D eigenvalue weighted by atomic mass is 16.3. The van der Waals surface area contributed by atoms with Crippen LogP contribution in [0.2, 0.25) is 0 Å². The Morgan fingerprint density at radius 1 is 0.464 bits per heavy atom. The summed E-state index contributed by atoms with van der Waals surface area (Å²) in [5, 5.41) is 18.9. The van der Waals surface area contributed by atoms with Gasteiger partial charge in [0.05, 0.1) is 51.6 Å². The van der Waals surface area contributed by atoms with E-state index in [-0.39, 0.29) is 0 Å². The summed E-state index contributed by atoms with van der Waals surface area (Å²) >= 11 is 0. The Balaban J connectivity index is 1.25. The van der Waals surface area contributed by atoms with Gasteiger partial charge >= 0.3 is 0 Å². The molecule has 0 N–H and O–H groups in total. The highest BCUT2D eigenvalue weighted by Gasteiger charge is 2.25. The average molecular weight is 715 g/mol. The zero-order chi connectivity index (χ0) is 37.1. The summed E-state index contributed by atoms with van der Waals surface area (Å²) in [6.07, 6.45) is 0. The van der Waals surface area contributed by atoms with Gasteiger partial charge in [-0.25, -0.2) is 4.85 Å². The number of rotatable bonds is 3. The molecule has 12 rings (SSSR count). The predicted molar refractivity (Wildman–Crippen MR) is 226 cm³/mol. The lowest BCUT2D eigenvalue weighted by atomic mass is 9.98. The zero-order valence-electron chi connectivity index (χ0n) is 29.6. The second-order valence-corrected chi connectivity index (χ2v) is 14.2. The molecule has 56 heavy (non-hydrogen) atoms. The van der Waals surface area contributed by atoms with Crippen LogP contribution in [0, 0.1) is 17.9 Å². The van der Waals surface area contributed by atoms with Crippen LogP contribution in [0.15, 0.2) is 167 Å². The Bertz CT molecular complexity index is 3500. The van der Waals surface area contributed by atoms with Crippen LogP contribution in [0.3, 0.4) is 0 Å². The second-order valence-electron chi connectivity index (χ2n) is 14.2. The van der Waals surface area contributed by atoms with Gasteiger partial charge in [-0.1, -0.05) is 91.0 Å². The topological polar surface area (TPSA) is 64.3 Å². The lowest BCUT2D eigenvalue weighted by Crippen LogP contribution is -2.02. The molecular weight excluding hydrogens is 689 g/mol. The lowest BCUT2D eigenvalue weighted by molar-refractivity contribution is 0.670. The van der Waals surface area contributed by atoms with Crippen LogP contribution in [0.4, 0.5) is 5.69 Å². The smallest absolute Gasteiger partial charge is 0.188 e. The molecule has 0 aliphatic rings. The molecule has 6 nitrogen and oxygen atoms in total. The number of fused-ring (bicyclic) bond motifs is 14. The van der Waals surface area contributed by atoms with Crippen molar-refractivity contribution in [2.45, 2.75) is 0 Å². The van der Waals surface area contributed by atoms with E-state index in [0.717, 1.165) is 110 Å². The first kappa shape index (κ1) is 30.4. The second kappa shape index (κ2) is 11.2. The first-order valence-electron chi connectivity index (χ1n) is 18.4. The van der Waals surface area contributed by atoms with E-state index in [2.05, 4.69) is 105 Å². The first-order chi connectivity index (χ1) is 27.7. The summed E-state index contributed by atoms with van der Waals surface area (Å²) in [5.41, 5.74) is 11.5. The summed E-state index contributed by atoms with van der Waals surface area (Å²) in [5.74, 6) is 0. The highest BCUT2D eigenvalue weighted by Crippen LogP contribution is 2.46. The van der Waals surface area contributed by atoms with Gasteiger partial charge in [0.25, 0.3) is 0 Å². The molecule has 0 fully saturated rings. The quantitative estimate of drug-likeness (QED) is 0.171. The van der Waals surface area contributed by atoms with E-state index >= 15 is 0 Å². The van der Waals surface area contributed by atoms with E-state index < -0.39 is 0 Å². The zero-order valence-corrected chi connectivity index (χ0v) is 29.6. The van der Waals surface area contributed by atoms with Gasteiger partial charge in [-0.2, -0.15) is 5.26 Å². The maximum absolute atomic E-state index is 10.4. The third-order valence-corrected chi connectivity index (χ3v) is 11.4. The Hall–Kier alpha value is -8.06. The van der Waals surface area contributed by atoms with Gasteiger partial charge in [0.15, 0.2) is 16.9 Å². The lowest BCUT2D eigenvalue weighted by Gasteiger charge is -2.19. The standard InChI is InChI=1S/C50H26N4O2/c1-52-30-19-25-44(54-42-15-7-3-11-32(42)36-21-23-38-34-13-5-9-17-46(34)56-50(38)48(36)54)40(27-30)39-26-29(28-51)18-24-43(39)53-41-14-6-2-10-31(41)35-20-22-37-33-12-4-8-16-45(33)55-49(37)47(35)53/h2-27H. The largest absolute Gasteiger partial charge is 0.454 e. The van der Waals surface area contributed by atoms with Crippen molar-refractivity contribution in [3.8, 4) is 28.6 Å². The maximum atomic E-state index is 10.4. The van der Waals surface area contributed by atoms with Crippen molar-refractivity contribution in [1.29, 1.82) is 5.26 Å². The average Bonchev–Trinajstić information content (AvgIpc) is 4.01. The minimum Gasteiger partial charge on any atom is -0.454 e. The van der Waals surface area contributed by atoms with Crippen molar-refractivity contribution in [2.24, 2.45) is 0 Å². The van der Waals surface area contributed by atoms with E-state index in [9.17, 15) is 5.26 Å². The number of benzene rings is 8. The van der Waals surface area contributed by atoms with Crippen LogP contribution in [0.1, 0.15) is 5.56 Å². The number of aromatic nitrogens is 2. The van der Waals surface area contributed by atoms with E-state index in [4.69, 9.17) is 15.4 Å². The molecule has 0 unspecified atom stereocenters. The Labute approximate surface area is 318 Å². The molecule has 0 bridgehead atoms. The normalized spacial score (nSPS) is 11.9. The molecular formula is C50H26N4O2. The van der Waals surface area contributed by atoms with Gasteiger partial charge in [-0.3, -0.25) is 0 Å². The van der Waals surface area contributed by atoms with E-state index in [0.29, 0.717) is 11.3 Å². The van der Waals surface area contributed by atoms with Crippen LogP contribution in [0.5, 0.6) is 0 Å². The minimum atomic E-state index is 0.494. The molecule has 0 spiro atoms.